The lowest BCUT2D eigenvalue weighted by Crippen LogP contribution is -2.41. The molecular formula is C9H12N2O5. The molecule has 7 heteroatoms. The molecule has 4 N–H and O–H groups in total. The summed E-state index contributed by atoms with van der Waals surface area (Å²) in [6.45, 7) is -0.151. The molecule has 7 nitrogen and oxygen atoms in total. The van der Waals surface area contributed by atoms with Gasteiger partial charge in [0.05, 0.1) is 19.4 Å². The van der Waals surface area contributed by atoms with Crippen molar-refractivity contribution in [1.29, 1.82) is 0 Å². The summed E-state index contributed by atoms with van der Waals surface area (Å²) in [4.78, 5) is 21.3. The molecule has 1 atom stereocenters. The Morgan fingerprint density at radius 1 is 1.44 bits per heavy atom. The molecule has 88 valence electrons. The van der Waals surface area contributed by atoms with E-state index < -0.39 is 18.1 Å². The molecule has 0 spiro atoms. The molecule has 0 saturated carbocycles. The van der Waals surface area contributed by atoms with Crippen LogP contribution >= 0.6 is 0 Å². The number of hydrogen-bond acceptors (Lipinski definition) is 4. The van der Waals surface area contributed by atoms with E-state index >= 15 is 0 Å². The van der Waals surface area contributed by atoms with Gasteiger partial charge in [-0.3, -0.25) is 0 Å². The number of nitrogens with one attached hydrogen (secondary N) is 2. The Kier molecular flexibility index (Phi) is 4.34. The van der Waals surface area contributed by atoms with E-state index in [1.807, 2.05) is 0 Å². The summed E-state index contributed by atoms with van der Waals surface area (Å²) in [5.41, 5.74) is 0. The molecule has 0 aromatic carbocycles. The van der Waals surface area contributed by atoms with Gasteiger partial charge in [-0.2, -0.15) is 0 Å². The normalized spacial score (nSPS) is 11.8. The third-order valence-corrected chi connectivity index (χ3v) is 1.74. The summed E-state index contributed by atoms with van der Waals surface area (Å²) in [5.74, 6) is -0.805. The van der Waals surface area contributed by atoms with Crippen molar-refractivity contribution in [2.75, 3.05) is 6.54 Å². The molecule has 0 aliphatic heterocycles. The molecular weight excluding hydrogens is 216 g/mol. The summed E-state index contributed by atoms with van der Waals surface area (Å²) in [7, 11) is 0. The van der Waals surface area contributed by atoms with Crippen molar-refractivity contribution >= 4 is 12.0 Å². The lowest BCUT2D eigenvalue weighted by molar-refractivity contribution is -0.146. The maximum atomic E-state index is 11.1. The summed E-state index contributed by atoms with van der Waals surface area (Å²) in [5, 5.41) is 21.8. The van der Waals surface area contributed by atoms with Crippen LogP contribution in [-0.2, 0) is 11.3 Å². The molecule has 0 saturated heterocycles. The van der Waals surface area contributed by atoms with Gasteiger partial charge in [-0.1, -0.05) is 0 Å². The SMILES string of the molecule is O=C(NCc1ccco1)NC[C@H](O)C(=O)O. The highest BCUT2D eigenvalue weighted by Gasteiger charge is 2.13. The summed E-state index contributed by atoms with van der Waals surface area (Å²) in [6, 6.07) is 2.80. The first kappa shape index (κ1) is 12.1. The first-order valence-corrected chi connectivity index (χ1v) is 4.54. The highest BCUT2D eigenvalue weighted by molar-refractivity contribution is 5.76. The van der Waals surface area contributed by atoms with Crippen molar-refractivity contribution in [2.45, 2.75) is 12.6 Å². The Morgan fingerprint density at radius 2 is 2.19 bits per heavy atom. The first-order chi connectivity index (χ1) is 7.59. The van der Waals surface area contributed by atoms with Crippen molar-refractivity contribution in [2.24, 2.45) is 0 Å². The van der Waals surface area contributed by atoms with Crippen molar-refractivity contribution in [1.82, 2.24) is 10.6 Å². The Bertz CT molecular complexity index is 349. The zero-order valence-electron chi connectivity index (χ0n) is 8.34. The topological polar surface area (TPSA) is 112 Å². The number of aliphatic hydroxyl groups is 1. The Hall–Kier alpha value is -2.02. The summed E-state index contributed by atoms with van der Waals surface area (Å²) in [6.07, 6.45) is -0.127. The van der Waals surface area contributed by atoms with E-state index in [-0.39, 0.29) is 13.1 Å². The Balaban J connectivity index is 2.19. The van der Waals surface area contributed by atoms with Crippen LogP contribution in [0.5, 0.6) is 0 Å². The number of carbonyl (C=O) groups excluding carboxylic acids is 1. The van der Waals surface area contributed by atoms with Gasteiger partial charge >= 0.3 is 12.0 Å². The quantitative estimate of drug-likeness (QED) is 0.544. The molecule has 0 radical (unpaired) electrons. The zero-order chi connectivity index (χ0) is 12.0. The monoisotopic (exact) mass is 228 g/mol. The second-order valence-electron chi connectivity index (χ2n) is 3.00. The van der Waals surface area contributed by atoms with Gasteiger partial charge in [0.2, 0.25) is 0 Å². The largest absolute Gasteiger partial charge is 0.479 e. The van der Waals surface area contributed by atoms with Gasteiger partial charge in [-0.25, -0.2) is 9.59 Å². The number of rotatable bonds is 5. The fourth-order valence-electron chi connectivity index (χ4n) is 0.920. The Labute approximate surface area is 91.1 Å². The first-order valence-electron chi connectivity index (χ1n) is 4.54. The van der Waals surface area contributed by atoms with Crippen molar-refractivity contribution < 1.29 is 24.2 Å². The van der Waals surface area contributed by atoms with Crippen LogP contribution in [0.2, 0.25) is 0 Å². The van der Waals surface area contributed by atoms with Crippen molar-refractivity contribution in [3.8, 4) is 0 Å². The molecule has 0 unspecified atom stereocenters. The third-order valence-electron chi connectivity index (χ3n) is 1.74. The average molecular weight is 228 g/mol. The fraction of sp³-hybridized carbons (Fsp3) is 0.333. The zero-order valence-corrected chi connectivity index (χ0v) is 8.34. The number of carbonyl (C=O) groups is 2. The van der Waals surface area contributed by atoms with Gasteiger partial charge in [-0.15, -0.1) is 0 Å². The molecule has 16 heavy (non-hydrogen) atoms. The highest BCUT2D eigenvalue weighted by Crippen LogP contribution is 1.97. The van der Waals surface area contributed by atoms with E-state index in [9.17, 15) is 9.59 Å². The number of aliphatic carboxylic acids is 1. The third kappa shape index (κ3) is 4.01. The van der Waals surface area contributed by atoms with Crippen LogP contribution in [0.1, 0.15) is 5.76 Å². The van der Waals surface area contributed by atoms with Crippen molar-refractivity contribution in [3.05, 3.63) is 24.2 Å². The number of amides is 2. The maximum absolute atomic E-state index is 11.1. The van der Waals surface area contributed by atoms with Crippen LogP contribution in [0.3, 0.4) is 0 Å². The highest BCUT2D eigenvalue weighted by atomic mass is 16.4. The average Bonchev–Trinajstić information content (AvgIpc) is 2.75. The number of urea groups is 1. The van der Waals surface area contributed by atoms with Crippen LogP contribution in [0.25, 0.3) is 0 Å². The summed E-state index contributed by atoms with van der Waals surface area (Å²) < 4.78 is 4.96. The molecule has 1 rings (SSSR count). The minimum atomic E-state index is -1.60. The minimum absolute atomic E-state index is 0.196. The van der Waals surface area contributed by atoms with E-state index in [0.29, 0.717) is 5.76 Å². The van der Waals surface area contributed by atoms with Crippen LogP contribution < -0.4 is 10.6 Å². The van der Waals surface area contributed by atoms with Gasteiger partial charge in [0.25, 0.3) is 0 Å². The van der Waals surface area contributed by atoms with Crippen LogP contribution in [0, 0.1) is 0 Å². The fourth-order valence-corrected chi connectivity index (χ4v) is 0.920. The lowest BCUT2D eigenvalue weighted by Gasteiger charge is -2.08. The number of aliphatic hydroxyl groups excluding tert-OH is 1. The molecule has 1 heterocycles. The second-order valence-corrected chi connectivity index (χ2v) is 3.00. The van der Waals surface area contributed by atoms with Crippen molar-refractivity contribution in [3.63, 3.8) is 0 Å². The maximum Gasteiger partial charge on any atom is 0.334 e. The Morgan fingerprint density at radius 3 is 2.75 bits per heavy atom. The van der Waals surface area contributed by atoms with Crippen LogP contribution in [0.15, 0.2) is 22.8 Å². The molecule has 1 aromatic heterocycles. The second kappa shape index (κ2) is 5.76. The number of carboxylic acid groups (broad SMARTS) is 1. The van der Waals surface area contributed by atoms with E-state index in [1.165, 1.54) is 6.26 Å². The van der Waals surface area contributed by atoms with Gasteiger partial charge < -0.3 is 25.3 Å². The standard InChI is InChI=1S/C9H12N2O5/c12-7(8(13)14)5-11-9(15)10-4-6-2-1-3-16-6/h1-3,7,12H,4-5H2,(H,13,14)(H2,10,11,15)/t7-/m0/s1. The number of carboxylic acids is 1. The molecule has 0 aliphatic carbocycles. The molecule has 0 aliphatic rings. The molecule has 0 fully saturated rings. The van der Waals surface area contributed by atoms with E-state index in [0.717, 1.165) is 0 Å². The predicted molar refractivity (Wildman–Crippen MR) is 52.6 cm³/mol. The van der Waals surface area contributed by atoms with E-state index in [2.05, 4.69) is 10.6 Å². The molecule has 2 amide bonds. The predicted octanol–water partition coefficient (Wildman–Crippen LogP) is -0.476. The summed E-state index contributed by atoms with van der Waals surface area (Å²) >= 11 is 0. The lowest BCUT2D eigenvalue weighted by atomic mass is 10.3. The van der Waals surface area contributed by atoms with Gasteiger partial charge in [0.1, 0.15) is 5.76 Å². The number of hydrogen-bond donors (Lipinski definition) is 4. The van der Waals surface area contributed by atoms with Crippen LogP contribution in [0.4, 0.5) is 4.79 Å². The van der Waals surface area contributed by atoms with Crippen LogP contribution in [-0.4, -0.2) is 34.9 Å². The molecule has 1 aromatic rings. The smallest absolute Gasteiger partial charge is 0.334 e. The number of furan rings is 1. The van der Waals surface area contributed by atoms with Gasteiger partial charge in [-0.05, 0) is 12.1 Å². The minimum Gasteiger partial charge on any atom is -0.479 e. The molecule has 0 bridgehead atoms. The van der Waals surface area contributed by atoms with E-state index in [1.54, 1.807) is 12.1 Å². The van der Waals surface area contributed by atoms with Gasteiger partial charge in [0, 0.05) is 0 Å². The van der Waals surface area contributed by atoms with E-state index in [4.69, 9.17) is 14.6 Å². The van der Waals surface area contributed by atoms with Gasteiger partial charge in [0.15, 0.2) is 6.10 Å².